The van der Waals surface area contributed by atoms with E-state index in [4.69, 9.17) is 4.74 Å². The van der Waals surface area contributed by atoms with E-state index in [1.807, 2.05) is 6.92 Å². The van der Waals surface area contributed by atoms with Gasteiger partial charge in [-0.25, -0.2) is 0 Å². The van der Waals surface area contributed by atoms with E-state index in [0.29, 0.717) is 18.9 Å². The molecule has 0 saturated carbocycles. The van der Waals surface area contributed by atoms with E-state index in [9.17, 15) is 4.79 Å². The highest BCUT2D eigenvalue weighted by molar-refractivity contribution is 6.57. The molecule has 15 heavy (non-hydrogen) atoms. The lowest BCUT2D eigenvalue weighted by Crippen LogP contribution is -2.19. The molecule has 0 aliphatic heterocycles. The molecule has 0 N–H and O–H groups in total. The fourth-order valence-corrected chi connectivity index (χ4v) is 5.00. The summed E-state index contributed by atoms with van der Waals surface area (Å²) in [5, 5.41) is 0. The number of rotatable bonds is 7. The maximum atomic E-state index is 11.4. The monoisotopic (exact) mass is 244 g/mol. The van der Waals surface area contributed by atoms with E-state index in [-0.39, 0.29) is 23.6 Å². The minimum atomic E-state index is -0.230. The Bertz CT molecular complexity index is 171. The second-order valence-electron chi connectivity index (χ2n) is 4.70. The molecule has 0 heterocycles. The first-order chi connectivity index (χ1) is 6.95. The molecule has 0 aromatic heterocycles. The summed E-state index contributed by atoms with van der Waals surface area (Å²) >= 11 is 0. The van der Waals surface area contributed by atoms with Crippen molar-refractivity contribution >= 4 is 23.6 Å². The molecule has 0 saturated heterocycles. The van der Waals surface area contributed by atoms with Crippen LogP contribution >= 0.6 is 0 Å². The molecule has 2 nitrogen and oxygen atoms in total. The van der Waals surface area contributed by atoms with Crippen molar-refractivity contribution in [3.8, 4) is 0 Å². The predicted octanol–water partition coefficient (Wildman–Crippen LogP) is 3.06. The lowest BCUT2D eigenvalue weighted by Gasteiger charge is -2.18. The standard InChI is InChI=1S/C11H24O2Si2/c1-6-13-11(12)7-10(8-14(2)3)9-15(4)5/h10H,6-9H2,1-5H3. The zero-order valence-corrected chi connectivity index (χ0v) is 12.7. The number of esters is 1. The lowest BCUT2D eigenvalue weighted by molar-refractivity contribution is -0.143. The molecule has 4 heteroatoms. The Morgan fingerprint density at radius 3 is 1.93 bits per heavy atom. The number of carbonyl (C=O) groups is 1. The van der Waals surface area contributed by atoms with Crippen molar-refractivity contribution in [1.29, 1.82) is 0 Å². The van der Waals surface area contributed by atoms with Crippen LogP contribution in [0.1, 0.15) is 13.3 Å². The Balaban J connectivity index is 4.05. The number of hydrogen-bond acceptors (Lipinski definition) is 2. The van der Waals surface area contributed by atoms with Gasteiger partial charge in [0.05, 0.1) is 6.61 Å². The van der Waals surface area contributed by atoms with Crippen LogP contribution in [0.2, 0.25) is 38.3 Å². The molecule has 0 atom stereocenters. The van der Waals surface area contributed by atoms with Gasteiger partial charge < -0.3 is 4.74 Å². The molecule has 0 rings (SSSR count). The summed E-state index contributed by atoms with van der Waals surface area (Å²) in [6.07, 6.45) is 0.638. The summed E-state index contributed by atoms with van der Waals surface area (Å²) in [4.78, 5) is 11.4. The SMILES string of the molecule is CCOC(=O)CC(C[Si](C)C)C[Si](C)C. The fourth-order valence-electron chi connectivity index (χ4n) is 1.83. The molecule has 0 bridgehead atoms. The third-order valence-corrected chi connectivity index (χ3v) is 4.94. The van der Waals surface area contributed by atoms with E-state index in [1.165, 1.54) is 12.1 Å². The summed E-state index contributed by atoms with van der Waals surface area (Å²) in [6.45, 7) is 11.7. The van der Waals surface area contributed by atoms with Gasteiger partial charge >= 0.3 is 5.97 Å². The van der Waals surface area contributed by atoms with Crippen molar-refractivity contribution in [3.05, 3.63) is 0 Å². The average molecular weight is 244 g/mol. The Morgan fingerprint density at radius 1 is 1.13 bits per heavy atom. The van der Waals surface area contributed by atoms with Gasteiger partial charge in [-0.05, 0) is 12.8 Å². The number of hydrogen-bond donors (Lipinski definition) is 0. The summed E-state index contributed by atoms with van der Waals surface area (Å²) in [5.41, 5.74) is 0. The molecule has 0 fully saturated rings. The third-order valence-electron chi connectivity index (χ3n) is 2.15. The third kappa shape index (κ3) is 8.87. The van der Waals surface area contributed by atoms with Gasteiger partial charge in [0.1, 0.15) is 0 Å². The molecule has 0 aromatic rings. The van der Waals surface area contributed by atoms with E-state index in [1.54, 1.807) is 0 Å². The second-order valence-corrected chi connectivity index (χ2v) is 10.3. The average Bonchev–Trinajstić information content (AvgIpc) is 2.00. The van der Waals surface area contributed by atoms with Gasteiger partial charge in [-0.3, -0.25) is 4.79 Å². The summed E-state index contributed by atoms with van der Waals surface area (Å²) in [6, 6.07) is 2.50. The molecule has 0 aliphatic rings. The highest BCUT2D eigenvalue weighted by Gasteiger charge is 2.18. The van der Waals surface area contributed by atoms with Crippen molar-refractivity contribution in [2.24, 2.45) is 5.92 Å². The van der Waals surface area contributed by atoms with Crippen LogP contribution < -0.4 is 0 Å². The smallest absolute Gasteiger partial charge is 0.306 e. The van der Waals surface area contributed by atoms with Crippen LogP contribution in [0.5, 0.6) is 0 Å². The van der Waals surface area contributed by atoms with Gasteiger partial charge in [0.15, 0.2) is 0 Å². The zero-order valence-electron chi connectivity index (χ0n) is 10.7. The normalized spacial score (nSPS) is 11.5. The maximum absolute atomic E-state index is 11.4. The van der Waals surface area contributed by atoms with Crippen LogP contribution in [-0.2, 0) is 9.53 Å². The molecule has 0 unspecified atom stereocenters. The summed E-state index contributed by atoms with van der Waals surface area (Å²) < 4.78 is 5.02. The molecule has 0 amide bonds. The minimum Gasteiger partial charge on any atom is -0.466 e. The largest absolute Gasteiger partial charge is 0.466 e. The molecule has 2 radical (unpaired) electrons. The number of carbonyl (C=O) groups excluding carboxylic acids is 1. The van der Waals surface area contributed by atoms with Crippen LogP contribution in [0.15, 0.2) is 0 Å². The highest BCUT2D eigenvalue weighted by Crippen LogP contribution is 2.20. The molecule has 0 spiro atoms. The first-order valence-corrected chi connectivity index (χ1v) is 11.1. The van der Waals surface area contributed by atoms with Crippen LogP contribution in [-0.4, -0.2) is 30.2 Å². The van der Waals surface area contributed by atoms with Crippen molar-refractivity contribution in [2.75, 3.05) is 6.61 Å². The van der Waals surface area contributed by atoms with Crippen molar-refractivity contribution < 1.29 is 9.53 Å². The van der Waals surface area contributed by atoms with Crippen LogP contribution in [0.4, 0.5) is 0 Å². The van der Waals surface area contributed by atoms with Crippen LogP contribution in [0.3, 0.4) is 0 Å². The quantitative estimate of drug-likeness (QED) is 0.508. The van der Waals surface area contributed by atoms with E-state index >= 15 is 0 Å². The maximum Gasteiger partial charge on any atom is 0.306 e. The van der Waals surface area contributed by atoms with Gasteiger partial charge in [0.25, 0.3) is 0 Å². The Labute approximate surface area is 97.6 Å². The van der Waals surface area contributed by atoms with Crippen molar-refractivity contribution in [3.63, 3.8) is 0 Å². The molecular formula is C11H24O2Si2. The van der Waals surface area contributed by atoms with Crippen LogP contribution in [0, 0.1) is 5.92 Å². The van der Waals surface area contributed by atoms with Gasteiger partial charge in [-0.2, -0.15) is 0 Å². The van der Waals surface area contributed by atoms with Gasteiger partial charge in [0.2, 0.25) is 0 Å². The lowest BCUT2D eigenvalue weighted by atomic mass is 10.1. The van der Waals surface area contributed by atoms with E-state index in [0.717, 1.165) is 0 Å². The second kappa shape index (κ2) is 8.10. The fraction of sp³-hybridized carbons (Fsp3) is 0.909. The molecule has 0 aromatic carbocycles. The minimum absolute atomic E-state index is 0.00556. The zero-order chi connectivity index (χ0) is 11.8. The Kier molecular flexibility index (Phi) is 8.05. The van der Waals surface area contributed by atoms with Gasteiger partial charge in [-0.15, -0.1) is 0 Å². The first-order valence-electron chi connectivity index (χ1n) is 5.69. The number of ether oxygens (including phenoxy) is 1. The Morgan fingerprint density at radius 2 is 1.60 bits per heavy atom. The van der Waals surface area contributed by atoms with E-state index in [2.05, 4.69) is 26.2 Å². The summed E-state index contributed by atoms with van der Waals surface area (Å²) in [7, 11) is -0.459. The van der Waals surface area contributed by atoms with Crippen LogP contribution in [0.25, 0.3) is 0 Å². The highest BCUT2D eigenvalue weighted by atomic mass is 28.3. The van der Waals surface area contributed by atoms with E-state index < -0.39 is 0 Å². The summed E-state index contributed by atoms with van der Waals surface area (Å²) in [5.74, 6) is 0.575. The van der Waals surface area contributed by atoms with Crippen molar-refractivity contribution in [1.82, 2.24) is 0 Å². The molecule has 0 aliphatic carbocycles. The first kappa shape index (κ1) is 14.9. The topological polar surface area (TPSA) is 26.3 Å². The van der Waals surface area contributed by atoms with Crippen molar-refractivity contribution in [2.45, 2.75) is 51.6 Å². The predicted molar refractivity (Wildman–Crippen MR) is 69.3 cm³/mol. The van der Waals surface area contributed by atoms with Gasteiger partial charge in [0, 0.05) is 24.0 Å². The Hall–Kier alpha value is -0.0962. The van der Waals surface area contributed by atoms with Gasteiger partial charge in [-0.1, -0.05) is 38.3 Å². The molecule has 88 valence electrons. The molecular weight excluding hydrogens is 220 g/mol.